The molecule has 1 saturated heterocycles. The molecule has 3 aromatic rings. The van der Waals surface area contributed by atoms with Crippen molar-refractivity contribution in [1.29, 1.82) is 0 Å². The van der Waals surface area contributed by atoms with Crippen LogP contribution in [0.5, 0.6) is 0 Å². The molecule has 1 aliphatic rings. The number of aromatic nitrogens is 1. The van der Waals surface area contributed by atoms with Gasteiger partial charge in [-0.3, -0.25) is 4.79 Å². The van der Waals surface area contributed by atoms with Gasteiger partial charge >= 0.3 is 0 Å². The Morgan fingerprint density at radius 1 is 1.18 bits per heavy atom. The van der Waals surface area contributed by atoms with E-state index in [2.05, 4.69) is 10.5 Å². The summed E-state index contributed by atoms with van der Waals surface area (Å²) in [6.07, 6.45) is 3.99. The van der Waals surface area contributed by atoms with E-state index in [0.29, 0.717) is 24.1 Å². The van der Waals surface area contributed by atoms with Crippen LogP contribution in [0.4, 0.5) is 10.1 Å². The Balaban J connectivity index is 1.54. The molecule has 0 radical (unpaired) electrons. The van der Waals surface area contributed by atoms with Crippen molar-refractivity contribution in [2.75, 3.05) is 18.4 Å². The van der Waals surface area contributed by atoms with E-state index in [1.807, 2.05) is 25.1 Å². The minimum atomic E-state index is -3.99. The zero-order valence-corrected chi connectivity index (χ0v) is 19.8. The van der Waals surface area contributed by atoms with Gasteiger partial charge in [-0.25, -0.2) is 12.8 Å². The van der Waals surface area contributed by atoms with Crippen molar-refractivity contribution in [3.8, 4) is 0 Å². The molecule has 1 N–H and O–H groups in total. The van der Waals surface area contributed by atoms with Crippen LogP contribution in [0, 0.1) is 25.6 Å². The number of benzene rings is 2. The molecule has 0 aliphatic carbocycles. The minimum absolute atomic E-state index is 0.0205. The van der Waals surface area contributed by atoms with Crippen LogP contribution in [-0.4, -0.2) is 36.9 Å². The third kappa shape index (κ3) is 5.10. The Bertz CT molecular complexity index is 1330. The molecule has 1 amide bonds. The number of aryl methyl sites for hydroxylation is 2. The maximum Gasteiger partial charge on any atom is 0.248 e. The van der Waals surface area contributed by atoms with Gasteiger partial charge in [-0.1, -0.05) is 35.5 Å². The highest BCUT2D eigenvalue weighted by atomic mass is 32.2. The third-order valence-electron chi connectivity index (χ3n) is 5.79. The van der Waals surface area contributed by atoms with Crippen LogP contribution < -0.4 is 5.32 Å². The highest BCUT2D eigenvalue weighted by Crippen LogP contribution is 2.30. The largest absolute Gasteiger partial charge is 0.355 e. The molecule has 0 spiro atoms. The van der Waals surface area contributed by atoms with Gasteiger partial charge in [0.1, 0.15) is 11.5 Å². The minimum Gasteiger partial charge on any atom is -0.355 e. The molecule has 7 nitrogen and oxygen atoms in total. The first-order valence-corrected chi connectivity index (χ1v) is 12.5. The zero-order chi connectivity index (χ0) is 24.3. The summed E-state index contributed by atoms with van der Waals surface area (Å²) in [6, 6.07) is 13.6. The molecule has 4 rings (SSSR count). The molecule has 1 fully saturated rings. The van der Waals surface area contributed by atoms with Crippen molar-refractivity contribution in [3.05, 3.63) is 76.9 Å². The first-order chi connectivity index (χ1) is 16.3. The lowest BCUT2D eigenvalue weighted by Crippen LogP contribution is -2.43. The van der Waals surface area contributed by atoms with Gasteiger partial charge in [-0.05, 0) is 62.6 Å². The van der Waals surface area contributed by atoms with Gasteiger partial charge in [-0.15, -0.1) is 0 Å². The fourth-order valence-electron chi connectivity index (χ4n) is 4.05. The summed E-state index contributed by atoms with van der Waals surface area (Å²) in [5, 5.41) is 6.71. The smallest absolute Gasteiger partial charge is 0.248 e. The quantitative estimate of drug-likeness (QED) is 0.551. The van der Waals surface area contributed by atoms with E-state index in [4.69, 9.17) is 4.52 Å². The van der Waals surface area contributed by atoms with Crippen molar-refractivity contribution in [2.24, 2.45) is 5.92 Å². The summed E-state index contributed by atoms with van der Waals surface area (Å²) in [6.45, 7) is 3.82. The zero-order valence-electron chi connectivity index (χ0n) is 19.0. The van der Waals surface area contributed by atoms with Gasteiger partial charge in [-0.2, -0.15) is 4.31 Å². The van der Waals surface area contributed by atoms with Crippen molar-refractivity contribution < 1.29 is 22.1 Å². The maximum atomic E-state index is 14.0. The van der Waals surface area contributed by atoms with Gasteiger partial charge < -0.3 is 9.84 Å². The van der Waals surface area contributed by atoms with E-state index in [0.717, 1.165) is 5.56 Å². The number of rotatable bonds is 6. The Labute approximate surface area is 198 Å². The van der Waals surface area contributed by atoms with E-state index >= 15 is 0 Å². The summed E-state index contributed by atoms with van der Waals surface area (Å²) < 4.78 is 47.6. The van der Waals surface area contributed by atoms with E-state index in [1.54, 1.807) is 31.2 Å². The number of hydrogen-bond donors (Lipinski definition) is 1. The highest BCUT2D eigenvalue weighted by Gasteiger charge is 2.37. The van der Waals surface area contributed by atoms with Crippen LogP contribution >= 0.6 is 0 Å². The second-order valence-electron chi connectivity index (χ2n) is 8.38. The second-order valence-corrected chi connectivity index (χ2v) is 10.3. The number of sulfonamides is 1. The van der Waals surface area contributed by atoms with Crippen molar-refractivity contribution in [3.63, 3.8) is 0 Å². The number of halogens is 1. The number of carbonyl (C=O) groups excluding carboxylic acids is 1. The number of anilines is 1. The number of carbonyl (C=O) groups is 1. The molecule has 0 saturated carbocycles. The molecule has 1 atom stereocenters. The third-order valence-corrected chi connectivity index (χ3v) is 7.82. The number of nitrogens with one attached hydrogen (secondary N) is 1. The average Bonchev–Trinajstić information content (AvgIpc) is 3.19. The van der Waals surface area contributed by atoms with E-state index < -0.39 is 21.8 Å². The van der Waals surface area contributed by atoms with Gasteiger partial charge in [0, 0.05) is 24.3 Å². The van der Waals surface area contributed by atoms with Gasteiger partial charge in [0.15, 0.2) is 10.7 Å². The van der Waals surface area contributed by atoms with Crippen LogP contribution in [0.1, 0.15) is 35.4 Å². The molecule has 2 heterocycles. The predicted molar refractivity (Wildman–Crippen MR) is 128 cm³/mol. The topological polar surface area (TPSA) is 92.5 Å². The average molecular weight is 484 g/mol. The molecular formula is C25H26FN3O4S. The van der Waals surface area contributed by atoms with Crippen molar-refractivity contribution in [1.82, 2.24) is 9.46 Å². The normalized spacial score (nSPS) is 17.2. The van der Waals surface area contributed by atoms with Gasteiger partial charge in [0.2, 0.25) is 15.9 Å². The van der Waals surface area contributed by atoms with Crippen molar-refractivity contribution in [2.45, 2.75) is 31.6 Å². The van der Waals surface area contributed by atoms with E-state index in [1.165, 1.54) is 22.5 Å². The number of amides is 1. The lowest BCUT2D eigenvalue weighted by atomic mass is 9.98. The van der Waals surface area contributed by atoms with E-state index in [-0.39, 0.29) is 35.3 Å². The molecule has 1 unspecified atom stereocenters. The summed E-state index contributed by atoms with van der Waals surface area (Å²) in [7, 11) is -3.99. The van der Waals surface area contributed by atoms with Crippen LogP contribution in [0.3, 0.4) is 0 Å². The monoisotopic (exact) mass is 483 g/mol. The van der Waals surface area contributed by atoms with Crippen LogP contribution in [0.25, 0.3) is 12.2 Å². The standard InChI is InChI=1S/C25H26FN3O4S/c1-17-7-5-10-21(15-17)27-25(30)20-9-6-14-29(16-20)34(31,32)24-18(2)28-33-23(24)13-12-19-8-3-4-11-22(19)26/h3-5,7-8,10-13,15,20H,6,9,14,16H2,1-2H3,(H,27,30)/b13-12+. The number of hydrogen-bond acceptors (Lipinski definition) is 5. The Morgan fingerprint density at radius 3 is 2.74 bits per heavy atom. The first-order valence-electron chi connectivity index (χ1n) is 11.0. The van der Waals surface area contributed by atoms with Gasteiger partial charge in [0.25, 0.3) is 0 Å². The molecule has 9 heteroatoms. The van der Waals surface area contributed by atoms with E-state index in [9.17, 15) is 17.6 Å². The summed E-state index contributed by atoms with van der Waals surface area (Å²) in [4.78, 5) is 12.8. The first kappa shape index (κ1) is 23.8. The Morgan fingerprint density at radius 2 is 1.97 bits per heavy atom. The molecule has 2 aromatic carbocycles. The second kappa shape index (κ2) is 9.90. The Hall–Kier alpha value is -3.30. The summed E-state index contributed by atoms with van der Waals surface area (Å²) in [5.41, 5.74) is 2.20. The highest BCUT2D eigenvalue weighted by molar-refractivity contribution is 7.89. The lowest BCUT2D eigenvalue weighted by molar-refractivity contribution is -0.120. The molecule has 1 aromatic heterocycles. The maximum absolute atomic E-state index is 14.0. The van der Waals surface area contributed by atoms with Crippen LogP contribution in [0.15, 0.2) is 57.9 Å². The predicted octanol–water partition coefficient (Wildman–Crippen LogP) is 4.64. The fourth-order valence-corrected chi connectivity index (χ4v) is 5.82. The summed E-state index contributed by atoms with van der Waals surface area (Å²) in [5.74, 6) is -1.11. The van der Waals surface area contributed by atoms with Crippen LogP contribution in [-0.2, 0) is 14.8 Å². The fraction of sp³-hybridized carbons (Fsp3) is 0.280. The van der Waals surface area contributed by atoms with Crippen molar-refractivity contribution >= 4 is 33.8 Å². The Kier molecular flexibility index (Phi) is 6.95. The SMILES string of the molecule is Cc1cccc(NC(=O)C2CCCN(S(=O)(=O)c3c(C)noc3/C=C/c3ccccc3F)C2)c1. The molecular weight excluding hydrogens is 457 g/mol. The number of piperidine rings is 1. The molecule has 178 valence electrons. The lowest BCUT2D eigenvalue weighted by Gasteiger charge is -2.31. The molecule has 0 bridgehead atoms. The van der Waals surface area contributed by atoms with Gasteiger partial charge in [0.05, 0.1) is 5.92 Å². The number of nitrogens with zero attached hydrogens (tertiary/aromatic N) is 2. The molecule has 34 heavy (non-hydrogen) atoms. The molecule has 1 aliphatic heterocycles. The summed E-state index contributed by atoms with van der Waals surface area (Å²) >= 11 is 0. The van der Waals surface area contributed by atoms with Crippen LogP contribution in [0.2, 0.25) is 0 Å².